The van der Waals surface area contributed by atoms with Gasteiger partial charge < -0.3 is 9.68 Å². The molecule has 186 valence electrons. The van der Waals surface area contributed by atoms with Crippen LogP contribution in [-0.2, 0) is 22.5 Å². The standard InChI is InChI=1S/C26H20Cl4N2O4/c27-17-9-21-19(23(29)11-17)5-3-15(25(21)33)13-31-35-7-1-2-8-36-32-14-16-4-6-20-22(26(16)34)10-18(28)12-24(20)30/h3-4,9-14H,1-2,5-8H2/b31-13+,32-14+. The highest BCUT2D eigenvalue weighted by molar-refractivity contribution is 6.37. The molecule has 0 atom stereocenters. The topological polar surface area (TPSA) is 77.3 Å². The molecule has 36 heavy (non-hydrogen) atoms. The van der Waals surface area contributed by atoms with Crippen molar-refractivity contribution in [2.24, 2.45) is 10.3 Å². The first-order valence-electron chi connectivity index (χ1n) is 11.1. The second-order valence-electron chi connectivity index (χ2n) is 8.06. The van der Waals surface area contributed by atoms with Crippen LogP contribution in [0.15, 0.2) is 57.9 Å². The van der Waals surface area contributed by atoms with Gasteiger partial charge in [-0.3, -0.25) is 9.59 Å². The van der Waals surface area contributed by atoms with E-state index in [1.165, 1.54) is 12.4 Å². The van der Waals surface area contributed by atoms with E-state index in [0.29, 0.717) is 81.3 Å². The summed E-state index contributed by atoms with van der Waals surface area (Å²) < 4.78 is 0. The van der Waals surface area contributed by atoms with E-state index in [1.54, 1.807) is 36.4 Å². The highest BCUT2D eigenvalue weighted by Gasteiger charge is 2.23. The zero-order valence-corrected chi connectivity index (χ0v) is 21.9. The van der Waals surface area contributed by atoms with E-state index >= 15 is 0 Å². The minimum absolute atomic E-state index is 0.194. The summed E-state index contributed by atoms with van der Waals surface area (Å²) in [6.07, 6.45) is 8.69. The molecule has 2 aliphatic rings. The fourth-order valence-corrected chi connectivity index (χ4v) is 4.94. The summed E-state index contributed by atoms with van der Waals surface area (Å²) in [6, 6.07) is 6.47. The van der Waals surface area contributed by atoms with Gasteiger partial charge >= 0.3 is 0 Å². The van der Waals surface area contributed by atoms with Gasteiger partial charge in [0.15, 0.2) is 11.6 Å². The van der Waals surface area contributed by atoms with Crippen LogP contribution in [0, 0.1) is 0 Å². The van der Waals surface area contributed by atoms with Crippen LogP contribution in [-0.4, -0.2) is 37.2 Å². The van der Waals surface area contributed by atoms with Crippen LogP contribution >= 0.6 is 46.4 Å². The van der Waals surface area contributed by atoms with Crippen LogP contribution in [0.1, 0.15) is 44.7 Å². The van der Waals surface area contributed by atoms with Crippen molar-refractivity contribution in [3.05, 3.63) is 89.9 Å². The van der Waals surface area contributed by atoms with Crippen molar-refractivity contribution in [3.63, 3.8) is 0 Å². The molecule has 0 saturated heterocycles. The zero-order valence-electron chi connectivity index (χ0n) is 18.9. The number of rotatable bonds is 9. The number of hydrogen-bond donors (Lipinski definition) is 0. The van der Waals surface area contributed by atoms with Crippen LogP contribution in [0.3, 0.4) is 0 Å². The first-order chi connectivity index (χ1) is 17.3. The van der Waals surface area contributed by atoms with Crippen LogP contribution < -0.4 is 0 Å². The molecule has 0 spiro atoms. The van der Waals surface area contributed by atoms with Crippen molar-refractivity contribution in [1.82, 2.24) is 0 Å². The van der Waals surface area contributed by atoms with Gasteiger partial charge in [0.25, 0.3) is 0 Å². The monoisotopic (exact) mass is 564 g/mol. The smallest absolute Gasteiger partial charge is 0.194 e. The molecule has 0 N–H and O–H groups in total. The van der Waals surface area contributed by atoms with Gasteiger partial charge in [-0.2, -0.15) is 0 Å². The third-order valence-corrected chi connectivity index (χ3v) is 6.75. The summed E-state index contributed by atoms with van der Waals surface area (Å²) in [5, 5.41) is 9.54. The maximum Gasteiger partial charge on any atom is 0.194 e. The summed E-state index contributed by atoms with van der Waals surface area (Å²) in [5.74, 6) is -0.388. The molecule has 2 aliphatic carbocycles. The van der Waals surface area contributed by atoms with Crippen molar-refractivity contribution in [3.8, 4) is 0 Å². The molecule has 6 nitrogen and oxygen atoms in total. The number of nitrogens with zero attached hydrogens (tertiary/aromatic N) is 2. The summed E-state index contributed by atoms with van der Waals surface area (Å²) in [5.41, 5.74) is 3.34. The molecule has 2 aromatic carbocycles. The number of Topliss-reactive ketones (excluding diaryl/α,β-unsaturated/α-hetero) is 2. The molecule has 10 heteroatoms. The van der Waals surface area contributed by atoms with E-state index in [4.69, 9.17) is 56.1 Å². The number of fused-ring (bicyclic) bond motifs is 2. The molecule has 0 radical (unpaired) electrons. The van der Waals surface area contributed by atoms with Gasteiger partial charge in [-0.15, -0.1) is 0 Å². The maximum atomic E-state index is 12.6. The van der Waals surface area contributed by atoms with Gasteiger partial charge in [0.2, 0.25) is 0 Å². The number of halogens is 4. The van der Waals surface area contributed by atoms with Crippen LogP contribution in [0.5, 0.6) is 0 Å². The van der Waals surface area contributed by atoms with Gasteiger partial charge in [-0.05, 0) is 61.1 Å². The summed E-state index contributed by atoms with van der Waals surface area (Å²) in [6.45, 7) is 0.697. The van der Waals surface area contributed by atoms with E-state index in [2.05, 4.69) is 10.3 Å². The lowest BCUT2D eigenvalue weighted by molar-refractivity contribution is 0.102. The van der Waals surface area contributed by atoms with Crippen molar-refractivity contribution in [2.45, 2.75) is 25.7 Å². The number of ketones is 2. The lowest BCUT2D eigenvalue weighted by atomic mass is 9.91. The number of allylic oxidation sites excluding steroid dienone is 4. The van der Waals surface area contributed by atoms with Crippen molar-refractivity contribution >= 4 is 70.4 Å². The number of carbonyl (C=O) groups is 2. The third kappa shape index (κ3) is 6.19. The number of benzene rings is 2. The Hall–Kier alpha value is -2.64. The Labute approximate surface area is 228 Å². The van der Waals surface area contributed by atoms with Crippen molar-refractivity contribution in [2.75, 3.05) is 13.2 Å². The second-order valence-corrected chi connectivity index (χ2v) is 9.74. The van der Waals surface area contributed by atoms with Gasteiger partial charge in [0, 0.05) is 42.4 Å². The largest absolute Gasteiger partial charge is 0.396 e. The Bertz CT molecular complexity index is 1230. The van der Waals surface area contributed by atoms with Crippen LogP contribution in [0.4, 0.5) is 0 Å². The maximum absolute atomic E-state index is 12.6. The summed E-state index contributed by atoms with van der Waals surface area (Å²) >= 11 is 24.4. The van der Waals surface area contributed by atoms with Gasteiger partial charge in [0.05, 0.1) is 12.4 Å². The average molecular weight is 566 g/mol. The number of hydrogen-bond acceptors (Lipinski definition) is 6. The lowest BCUT2D eigenvalue weighted by Gasteiger charge is -2.15. The number of unbranched alkanes of at least 4 members (excludes halogenated alkanes) is 1. The molecular formula is C26H20Cl4N2O4. The molecule has 0 heterocycles. The minimum Gasteiger partial charge on any atom is -0.396 e. The first-order valence-corrected chi connectivity index (χ1v) is 12.6. The normalized spacial score (nSPS) is 15.1. The zero-order chi connectivity index (χ0) is 25.7. The van der Waals surface area contributed by atoms with E-state index in [-0.39, 0.29) is 11.6 Å². The summed E-state index contributed by atoms with van der Waals surface area (Å²) in [7, 11) is 0. The Morgan fingerprint density at radius 2 is 1.11 bits per heavy atom. The van der Waals surface area contributed by atoms with Gasteiger partial charge in [0.1, 0.15) is 13.2 Å². The van der Waals surface area contributed by atoms with Crippen molar-refractivity contribution < 1.29 is 19.3 Å². The number of oxime groups is 2. The van der Waals surface area contributed by atoms with Crippen LogP contribution in [0.25, 0.3) is 0 Å². The highest BCUT2D eigenvalue weighted by atomic mass is 35.5. The quantitative estimate of drug-likeness (QED) is 0.184. The first kappa shape index (κ1) is 26.4. The molecule has 0 saturated carbocycles. The molecule has 0 unspecified atom stereocenters. The van der Waals surface area contributed by atoms with Crippen molar-refractivity contribution in [1.29, 1.82) is 0 Å². The minimum atomic E-state index is -0.194. The summed E-state index contributed by atoms with van der Waals surface area (Å²) in [4.78, 5) is 35.7. The van der Waals surface area contributed by atoms with Crippen LogP contribution in [0.2, 0.25) is 20.1 Å². The molecule has 0 aromatic heterocycles. The molecule has 0 aliphatic heterocycles. The Kier molecular flexibility index (Phi) is 8.86. The molecule has 4 rings (SSSR count). The third-order valence-electron chi connectivity index (χ3n) is 5.64. The van der Waals surface area contributed by atoms with E-state index in [0.717, 1.165) is 11.1 Å². The fourth-order valence-electron chi connectivity index (χ4n) is 3.80. The Morgan fingerprint density at radius 3 is 1.53 bits per heavy atom. The second kappa shape index (κ2) is 12.1. The lowest BCUT2D eigenvalue weighted by Crippen LogP contribution is -2.14. The predicted octanol–water partition coefficient (Wildman–Crippen LogP) is 7.12. The molecular weight excluding hydrogens is 546 g/mol. The number of carbonyl (C=O) groups excluding carboxylic acids is 2. The molecule has 0 bridgehead atoms. The molecule has 0 amide bonds. The SMILES string of the molecule is O=C1C(/C=N/OCCCCO/N=C/C2=CCc3c(Cl)cc(Cl)cc3C2=O)=CCc2c(Cl)cc(Cl)cc21. The average Bonchev–Trinajstić information content (AvgIpc) is 2.83. The Morgan fingerprint density at radius 1 is 0.694 bits per heavy atom. The predicted molar refractivity (Wildman–Crippen MR) is 143 cm³/mol. The fraction of sp³-hybridized carbons (Fsp3) is 0.231. The van der Waals surface area contributed by atoms with E-state index in [9.17, 15) is 9.59 Å². The van der Waals surface area contributed by atoms with Gasteiger partial charge in [-0.1, -0.05) is 68.9 Å². The molecule has 0 fully saturated rings. The van der Waals surface area contributed by atoms with E-state index in [1.807, 2.05) is 0 Å². The van der Waals surface area contributed by atoms with E-state index < -0.39 is 0 Å². The Balaban J connectivity index is 1.15. The molecule has 2 aromatic rings. The van der Waals surface area contributed by atoms with Gasteiger partial charge in [-0.25, -0.2) is 0 Å². The highest BCUT2D eigenvalue weighted by Crippen LogP contribution is 2.31.